The van der Waals surface area contributed by atoms with Crippen molar-refractivity contribution in [1.82, 2.24) is 0 Å². The molecule has 0 aromatic carbocycles. The number of hydrogen-bond donors (Lipinski definition) is 0. The van der Waals surface area contributed by atoms with Crippen LogP contribution in [-0.2, 0) is 0 Å². The molecule has 2 saturated carbocycles. The summed E-state index contributed by atoms with van der Waals surface area (Å²) in [6, 6.07) is 0. The summed E-state index contributed by atoms with van der Waals surface area (Å²) in [5.74, 6) is 2.83. The fourth-order valence-corrected chi connectivity index (χ4v) is 3.23. The van der Waals surface area contributed by atoms with Gasteiger partial charge in [0.25, 0.3) is 0 Å². The fourth-order valence-electron chi connectivity index (χ4n) is 3.23. The lowest BCUT2D eigenvalue weighted by molar-refractivity contribution is 0.189. The van der Waals surface area contributed by atoms with Gasteiger partial charge >= 0.3 is 0 Å². The second-order valence-corrected chi connectivity index (χ2v) is 4.85. The minimum atomic E-state index is 0.912. The van der Waals surface area contributed by atoms with E-state index in [4.69, 9.17) is 0 Å². The number of hydrogen-bond acceptors (Lipinski definition) is 0. The summed E-state index contributed by atoms with van der Waals surface area (Å²) in [6.45, 7) is 6.63. The topological polar surface area (TPSA) is 0 Å². The first-order valence-corrected chi connectivity index (χ1v) is 5.45. The second kappa shape index (κ2) is 3.24. The van der Waals surface area contributed by atoms with Gasteiger partial charge in [-0.1, -0.05) is 31.9 Å². The average Bonchev–Trinajstić information content (AvgIpc) is 2.04. The number of allylic oxidation sites excluding steroid dienone is 1. The molecule has 0 heteroatoms. The van der Waals surface area contributed by atoms with Crippen LogP contribution in [0.15, 0.2) is 12.2 Å². The molecule has 0 N–H and O–H groups in total. The van der Waals surface area contributed by atoms with Crippen LogP contribution in [-0.4, -0.2) is 0 Å². The maximum absolute atomic E-state index is 4.25. The Balaban J connectivity index is 2.06. The molecule has 0 aromatic heterocycles. The van der Waals surface area contributed by atoms with Gasteiger partial charge in [0.2, 0.25) is 0 Å². The average molecular weight is 164 g/mol. The molecule has 0 bridgehead atoms. The molecule has 2 rings (SSSR count). The Bertz CT molecular complexity index is 180. The van der Waals surface area contributed by atoms with Crippen LogP contribution in [0.25, 0.3) is 0 Å². The van der Waals surface area contributed by atoms with Crippen LogP contribution in [0.4, 0.5) is 0 Å². The minimum absolute atomic E-state index is 0.912. The summed E-state index contributed by atoms with van der Waals surface area (Å²) in [7, 11) is 0. The molecule has 0 saturated heterocycles. The molecule has 2 aliphatic carbocycles. The molecule has 3 atom stereocenters. The van der Waals surface area contributed by atoms with Gasteiger partial charge in [-0.25, -0.2) is 0 Å². The molecule has 3 unspecified atom stereocenters. The van der Waals surface area contributed by atoms with E-state index in [0.29, 0.717) is 0 Å². The highest BCUT2D eigenvalue weighted by Gasteiger charge is 2.32. The zero-order valence-electron chi connectivity index (χ0n) is 8.18. The quantitative estimate of drug-likeness (QED) is 0.478. The van der Waals surface area contributed by atoms with Gasteiger partial charge in [-0.3, -0.25) is 0 Å². The molecule has 0 aliphatic heterocycles. The SMILES string of the molecule is C=C1CC(C)CC2CCCCC12. The van der Waals surface area contributed by atoms with E-state index in [9.17, 15) is 0 Å². The smallest absolute Gasteiger partial charge is 0.0177 e. The molecule has 68 valence electrons. The van der Waals surface area contributed by atoms with Gasteiger partial charge in [0.15, 0.2) is 0 Å². The van der Waals surface area contributed by atoms with E-state index in [-0.39, 0.29) is 0 Å². The molecule has 2 aliphatic rings. The van der Waals surface area contributed by atoms with E-state index >= 15 is 0 Å². The molecule has 12 heavy (non-hydrogen) atoms. The van der Waals surface area contributed by atoms with Crippen molar-refractivity contribution in [3.8, 4) is 0 Å². The summed E-state index contributed by atoms with van der Waals surface area (Å²) in [6.07, 6.45) is 8.63. The Morgan fingerprint density at radius 3 is 2.83 bits per heavy atom. The predicted octanol–water partition coefficient (Wildman–Crippen LogP) is 3.78. The van der Waals surface area contributed by atoms with Crippen LogP contribution in [0.2, 0.25) is 0 Å². The van der Waals surface area contributed by atoms with Crippen molar-refractivity contribution < 1.29 is 0 Å². The summed E-state index contributed by atoms with van der Waals surface area (Å²) >= 11 is 0. The van der Waals surface area contributed by atoms with E-state index in [1.54, 1.807) is 5.57 Å². The molecular formula is C12H20. The van der Waals surface area contributed by atoms with Crippen LogP contribution < -0.4 is 0 Å². The molecule has 2 fully saturated rings. The lowest BCUT2D eigenvalue weighted by Crippen LogP contribution is -2.28. The zero-order valence-corrected chi connectivity index (χ0v) is 8.18. The van der Waals surface area contributed by atoms with Crippen molar-refractivity contribution in [3.05, 3.63) is 12.2 Å². The monoisotopic (exact) mass is 164 g/mol. The van der Waals surface area contributed by atoms with Crippen LogP contribution in [0.3, 0.4) is 0 Å². The van der Waals surface area contributed by atoms with Gasteiger partial charge in [-0.2, -0.15) is 0 Å². The lowest BCUT2D eigenvalue weighted by Gasteiger charge is -2.39. The first-order valence-electron chi connectivity index (χ1n) is 5.45. The highest BCUT2D eigenvalue weighted by atomic mass is 14.4. The van der Waals surface area contributed by atoms with Gasteiger partial charge in [-0.15, -0.1) is 0 Å². The first kappa shape index (κ1) is 8.34. The van der Waals surface area contributed by atoms with Crippen LogP contribution in [0, 0.1) is 17.8 Å². The van der Waals surface area contributed by atoms with E-state index in [1.807, 2.05) is 0 Å². The highest BCUT2D eigenvalue weighted by Crippen LogP contribution is 2.44. The maximum Gasteiger partial charge on any atom is -0.0177 e. The summed E-state index contributed by atoms with van der Waals surface area (Å²) in [5.41, 5.74) is 1.57. The van der Waals surface area contributed by atoms with E-state index < -0.39 is 0 Å². The number of fused-ring (bicyclic) bond motifs is 1. The summed E-state index contributed by atoms with van der Waals surface area (Å²) < 4.78 is 0. The summed E-state index contributed by atoms with van der Waals surface area (Å²) in [5, 5.41) is 0. The van der Waals surface area contributed by atoms with Crippen LogP contribution in [0.1, 0.15) is 45.4 Å². The molecule has 0 amide bonds. The first-order chi connectivity index (χ1) is 5.77. The number of rotatable bonds is 0. The van der Waals surface area contributed by atoms with Crippen LogP contribution in [0.5, 0.6) is 0 Å². The Morgan fingerprint density at radius 1 is 1.25 bits per heavy atom. The predicted molar refractivity (Wildman–Crippen MR) is 53.0 cm³/mol. The van der Waals surface area contributed by atoms with Crippen molar-refractivity contribution in [1.29, 1.82) is 0 Å². The van der Waals surface area contributed by atoms with Crippen LogP contribution >= 0.6 is 0 Å². The van der Waals surface area contributed by atoms with Crippen molar-refractivity contribution in [2.75, 3.05) is 0 Å². The van der Waals surface area contributed by atoms with Crippen molar-refractivity contribution in [2.45, 2.75) is 45.4 Å². The van der Waals surface area contributed by atoms with Crippen molar-refractivity contribution >= 4 is 0 Å². The maximum atomic E-state index is 4.25. The second-order valence-electron chi connectivity index (χ2n) is 4.85. The standard InChI is InChI=1S/C12H20/c1-9-7-10(2)12-6-4-3-5-11(12)8-9/h9,11-12H,2-8H2,1H3. The normalized spacial score (nSPS) is 42.4. The third-order valence-corrected chi connectivity index (χ3v) is 3.75. The minimum Gasteiger partial charge on any atom is -0.0996 e. The molecular weight excluding hydrogens is 144 g/mol. The van der Waals surface area contributed by atoms with Crippen molar-refractivity contribution in [3.63, 3.8) is 0 Å². The van der Waals surface area contributed by atoms with E-state index in [0.717, 1.165) is 17.8 Å². The Kier molecular flexibility index (Phi) is 2.25. The Labute approximate surface area is 76.1 Å². The zero-order chi connectivity index (χ0) is 8.55. The van der Waals surface area contributed by atoms with Crippen molar-refractivity contribution in [2.24, 2.45) is 17.8 Å². The highest BCUT2D eigenvalue weighted by molar-refractivity contribution is 5.08. The summed E-state index contributed by atoms with van der Waals surface area (Å²) in [4.78, 5) is 0. The van der Waals surface area contributed by atoms with Gasteiger partial charge in [-0.05, 0) is 43.4 Å². The molecule has 0 heterocycles. The van der Waals surface area contributed by atoms with Gasteiger partial charge in [0, 0.05) is 0 Å². The molecule has 0 spiro atoms. The van der Waals surface area contributed by atoms with E-state index in [1.165, 1.54) is 38.5 Å². The molecule has 0 nitrogen and oxygen atoms in total. The third kappa shape index (κ3) is 1.44. The largest absolute Gasteiger partial charge is 0.0996 e. The van der Waals surface area contributed by atoms with Gasteiger partial charge < -0.3 is 0 Å². The fraction of sp³-hybridized carbons (Fsp3) is 0.833. The Hall–Kier alpha value is -0.260. The van der Waals surface area contributed by atoms with Gasteiger partial charge in [0.05, 0.1) is 0 Å². The lowest BCUT2D eigenvalue weighted by atomic mass is 9.66. The third-order valence-electron chi connectivity index (χ3n) is 3.75. The molecule has 0 aromatic rings. The Morgan fingerprint density at radius 2 is 2.00 bits per heavy atom. The van der Waals surface area contributed by atoms with E-state index in [2.05, 4.69) is 13.5 Å². The van der Waals surface area contributed by atoms with Gasteiger partial charge in [0.1, 0.15) is 0 Å². The molecule has 0 radical (unpaired) electrons.